The third kappa shape index (κ3) is 4.66. The first-order valence-corrected chi connectivity index (χ1v) is 13.0. The van der Waals surface area contributed by atoms with E-state index < -0.39 is 5.92 Å². The van der Waals surface area contributed by atoms with Crippen molar-refractivity contribution in [1.82, 2.24) is 5.32 Å². The Morgan fingerprint density at radius 1 is 1.03 bits per heavy atom. The second-order valence-corrected chi connectivity index (χ2v) is 9.98. The first-order valence-electron chi connectivity index (χ1n) is 13.0. The van der Waals surface area contributed by atoms with E-state index in [-0.39, 0.29) is 23.8 Å². The molecule has 1 aliphatic carbocycles. The molecule has 0 saturated heterocycles. The van der Waals surface area contributed by atoms with Gasteiger partial charge in [0.15, 0.2) is 5.78 Å². The minimum Gasteiger partial charge on any atom is -0.497 e. The first kappa shape index (κ1) is 24.8. The summed E-state index contributed by atoms with van der Waals surface area (Å²) >= 11 is 0. The van der Waals surface area contributed by atoms with Gasteiger partial charge in [-0.2, -0.15) is 0 Å². The minimum absolute atomic E-state index is 0.0549. The van der Waals surface area contributed by atoms with E-state index >= 15 is 0 Å². The van der Waals surface area contributed by atoms with E-state index in [0.717, 1.165) is 45.5 Å². The van der Waals surface area contributed by atoms with Crippen molar-refractivity contribution in [2.45, 2.75) is 58.0 Å². The molecule has 190 valence electrons. The number of benzene rings is 3. The molecule has 3 aromatic rings. The topological polar surface area (TPSA) is 64.6 Å². The van der Waals surface area contributed by atoms with E-state index in [1.807, 2.05) is 69.3 Å². The number of hydrogen-bond acceptors (Lipinski definition) is 5. The van der Waals surface area contributed by atoms with Gasteiger partial charge in [0.2, 0.25) is 0 Å². The van der Waals surface area contributed by atoms with E-state index in [4.69, 9.17) is 9.47 Å². The molecule has 0 fully saturated rings. The average Bonchev–Trinajstić information content (AvgIpc) is 2.91. The number of Topliss-reactive ketones (excluding diaryl/α,β-unsaturated/α-hetero) is 1. The van der Waals surface area contributed by atoms with E-state index in [1.54, 1.807) is 7.11 Å². The summed E-state index contributed by atoms with van der Waals surface area (Å²) in [6.07, 6.45) is 1.60. The number of esters is 1. The monoisotopic (exact) mass is 495 g/mol. The number of fused-ring (bicyclic) bond motifs is 1. The van der Waals surface area contributed by atoms with Gasteiger partial charge in [0, 0.05) is 29.3 Å². The number of methoxy groups -OCH3 is 1. The molecule has 5 heteroatoms. The summed E-state index contributed by atoms with van der Waals surface area (Å²) < 4.78 is 11.1. The number of dihydropyridines is 1. The smallest absolute Gasteiger partial charge is 0.337 e. The number of hydrogen-bond donors (Lipinski definition) is 1. The molecule has 37 heavy (non-hydrogen) atoms. The number of ether oxygens (including phenoxy) is 2. The second kappa shape index (κ2) is 10.3. The lowest BCUT2D eigenvalue weighted by atomic mass is 9.71. The van der Waals surface area contributed by atoms with Crippen LogP contribution >= 0.6 is 0 Å². The predicted molar refractivity (Wildman–Crippen MR) is 145 cm³/mol. The highest BCUT2D eigenvalue weighted by Crippen LogP contribution is 2.47. The SMILES string of the molecule is CCC(C)OC(=O)C1=C(C)NC2=C(C(=O)CC(c3ccc(OC)cc3)C2)C1c1cccc2ccccc12. The minimum atomic E-state index is -0.483. The van der Waals surface area contributed by atoms with Gasteiger partial charge in [-0.15, -0.1) is 0 Å². The summed E-state index contributed by atoms with van der Waals surface area (Å²) in [5.74, 6) is 0.0612. The van der Waals surface area contributed by atoms with Crippen LogP contribution in [0.2, 0.25) is 0 Å². The van der Waals surface area contributed by atoms with Crippen molar-refractivity contribution in [2.75, 3.05) is 7.11 Å². The van der Waals surface area contributed by atoms with Crippen LogP contribution in [-0.2, 0) is 14.3 Å². The van der Waals surface area contributed by atoms with Crippen molar-refractivity contribution in [3.05, 3.63) is 100 Å². The van der Waals surface area contributed by atoms with E-state index in [2.05, 4.69) is 23.5 Å². The number of ketones is 1. The number of carbonyl (C=O) groups excluding carboxylic acids is 2. The highest BCUT2D eigenvalue weighted by Gasteiger charge is 2.42. The fourth-order valence-electron chi connectivity index (χ4n) is 5.56. The third-order valence-corrected chi connectivity index (χ3v) is 7.65. The van der Waals surface area contributed by atoms with Crippen molar-refractivity contribution >= 4 is 22.5 Å². The van der Waals surface area contributed by atoms with Crippen LogP contribution in [0.4, 0.5) is 0 Å². The first-order chi connectivity index (χ1) is 17.9. The second-order valence-electron chi connectivity index (χ2n) is 9.98. The molecule has 2 aliphatic rings. The van der Waals surface area contributed by atoms with Gasteiger partial charge in [0.05, 0.1) is 18.8 Å². The van der Waals surface area contributed by atoms with Gasteiger partial charge >= 0.3 is 5.97 Å². The van der Waals surface area contributed by atoms with Crippen LogP contribution in [0, 0.1) is 0 Å². The molecule has 0 aromatic heterocycles. The van der Waals surface area contributed by atoms with Gasteiger partial charge < -0.3 is 14.8 Å². The largest absolute Gasteiger partial charge is 0.497 e. The number of rotatable bonds is 6. The summed E-state index contributed by atoms with van der Waals surface area (Å²) in [4.78, 5) is 27.5. The van der Waals surface area contributed by atoms with Gasteiger partial charge in [0.1, 0.15) is 5.75 Å². The summed E-state index contributed by atoms with van der Waals surface area (Å²) in [7, 11) is 1.65. The Morgan fingerprint density at radius 2 is 1.76 bits per heavy atom. The van der Waals surface area contributed by atoms with E-state index in [1.165, 1.54) is 0 Å². The lowest BCUT2D eigenvalue weighted by Crippen LogP contribution is -2.36. The maximum atomic E-state index is 13.9. The van der Waals surface area contributed by atoms with Crippen LogP contribution in [0.15, 0.2) is 89.3 Å². The standard InChI is InChI=1S/C32H33NO4/c1-5-19(2)37-32(35)29-20(3)33-27-17-23(21-13-15-24(36-4)16-14-21)18-28(34)31(27)30(29)26-12-8-10-22-9-6-7-11-25(22)26/h6-16,19,23,30,33H,5,17-18H2,1-4H3. The van der Waals surface area contributed by atoms with Crippen LogP contribution in [0.3, 0.4) is 0 Å². The maximum Gasteiger partial charge on any atom is 0.337 e. The molecule has 0 saturated carbocycles. The van der Waals surface area contributed by atoms with E-state index in [0.29, 0.717) is 24.0 Å². The molecule has 5 nitrogen and oxygen atoms in total. The Hall–Kier alpha value is -3.86. The van der Waals surface area contributed by atoms with Crippen molar-refractivity contribution in [3.63, 3.8) is 0 Å². The molecule has 0 amide bonds. The lowest BCUT2D eigenvalue weighted by molar-refractivity contribution is -0.143. The quantitative estimate of drug-likeness (QED) is 0.393. The van der Waals surface area contributed by atoms with Crippen molar-refractivity contribution < 1.29 is 19.1 Å². The Labute approximate surface area is 218 Å². The highest BCUT2D eigenvalue weighted by atomic mass is 16.5. The van der Waals surface area contributed by atoms with Gasteiger partial charge in [0.25, 0.3) is 0 Å². The predicted octanol–water partition coefficient (Wildman–Crippen LogP) is 6.55. The van der Waals surface area contributed by atoms with Gasteiger partial charge in [-0.25, -0.2) is 4.79 Å². The Kier molecular flexibility index (Phi) is 6.88. The number of nitrogens with one attached hydrogen (secondary N) is 1. The molecule has 3 unspecified atom stereocenters. The molecule has 3 atom stereocenters. The molecule has 0 spiro atoms. The fourth-order valence-corrected chi connectivity index (χ4v) is 5.56. The summed E-state index contributed by atoms with van der Waals surface area (Å²) in [5, 5.41) is 5.57. The highest BCUT2D eigenvalue weighted by molar-refractivity contribution is 6.05. The van der Waals surface area contributed by atoms with Crippen LogP contribution in [0.25, 0.3) is 10.8 Å². The van der Waals surface area contributed by atoms with Gasteiger partial charge in [-0.1, -0.05) is 61.5 Å². The van der Waals surface area contributed by atoms with E-state index in [9.17, 15) is 9.59 Å². The molecular formula is C32H33NO4. The van der Waals surface area contributed by atoms with Crippen LogP contribution in [0.5, 0.6) is 5.75 Å². The lowest BCUT2D eigenvalue weighted by Gasteiger charge is -2.37. The molecule has 1 aliphatic heterocycles. The third-order valence-electron chi connectivity index (χ3n) is 7.65. The molecule has 5 rings (SSSR count). The molecule has 3 aromatic carbocycles. The molecule has 1 heterocycles. The van der Waals surface area contributed by atoms with Crippen LogP contribution in [0.1, 0.15) is 63.0 Å². The van der Waals surface area contributed by atoms with Crippen LogP contribution in [-0.4, -0.2) is 25.0 Å². The Morgan fingerprint density at radius 3 is 2.49 bits per heavy atom. The van der Waals surface area contributed by atoms with Gasteiger partial charge in [-0.3, -0.25) is 4.79 Å². The maximum absolute atomic E-state index is 13.9. The molecular weight excluding hydrogens is 462 g/mol. The molecule has 0 radical (unpaired) electrons. The molecule has 1 N–H and O–H groups in total. The average molecular weight is 496 g/mol. The zero-order valence-electron chi connectivity index (χ0n) is 21.8. The van der Waals surface area contributed by atoms with Crippen molar-refractivity contribution in [3.8, 4) is 5.75 Å². The number of allylic oxidation sites excluding steroid dienone is 3. The van der Waals surface area contributed by atoms with Crippen molar-refractivity contribution in [1.29, 1.82) is 0 Å². The van der Waals surface area contributed by atoms with Gasteiger partial charge in [-0.05, 0) is 66.6 Å². The Balaban J connectivity index is 1.62. The summed E-state index contributed by atoms with van der Waals surface area (Å²) in [6, 6.07) is 22.2. The van der Waals surface area contributed by atoms with Crippen LogP contribution < -0.4 is 10.1 Å². The zero-order valence-corrected chi connectivity index (χ0v) is 21.8. The number of carbonyl (C=O) groups is 2. The zero-order chi connectivity index (χ0) is 26.1. The normalized spacial score (nSPS) is 20.4. The summed E-state index contributed by atoms with van der Waals surface area (Å²) in [5.41, 5.74) is 4.90. The van der Waals surface area contributed by atoms with Crippen molar-refractivity contribution in [2.24, 2.45) is 0 Å². The molecule has 0 bridgehead atoms. The fraction of sp³-hybridized carbons (Fsp3) is 0.312. The Bertz CT molecular complexity index is 1410. The summed E-state index contributed by atoms with van der Waals surface area (Å²) in [6.45, 7) is 5.80.